The molecule has 1 aromatic heterocycles. The third kappa shape index (κ3) is 3.48. The van der Waals surface area contributed by atoms with E-state index in [1.165, 1.54) is 20.3 Å². The second kappa shape index (κ2) is 7.99. The van der Waals surface area contributed by atoms with E-state index in [1.807, 2.05) is 18.2 Å². The van der Waals surface area contributed by atoms with Gasteiger partial charge in [-0.15, -0.1) is 0 Å². The number of hydrogen-bond donors (Lipinski definition) is 0. The van der Waals surface area contributed by atoms with Crippen molar-refractivity contribution >= 4 is 16.5 Å². The summed E-state index contributed by atoms with van der Waals surface area (Å²) in [5.74, 6) is 1.88. The summed E-state index contributed by atoms with van der Waals surface area (Å²) in [6.45, 7) is 0. The van der Waals surface area contributed by atoms with Crippen LogP contribution in [-0.2, 0) is 6.42 Å². The fraction of sp³-hybridized carbons (Fsp3) is 0.250. The van der Waals surface area contributed by atoms with E-state index < -0.39 is 4.92 Å². The molecule has 8 heteroatoms. The van der Waals surface area contributed by atoms with Crippen LogP contribution in [0, 0.1) is 10.1 Å². The largest absolute Gasteiger partial charge is 0.493 e. The van der Waals surface area contributed by atoms with Crippen molar-refractivity contribution in [2.45, 2.75) is 6.42 Å². The molecule has 0 saturated heterocycles. The summed E-state index contributed by atoms with van der Waals surface area (Å²) in [5, 5.41) is 13.3. The molecule has 0 unspecified atom stereocenters. The van der Waals surface area contributed by atoms with Crippen LogP contribution in [-0.4, -0.2) is 38.3 Å². The standard InChI is InChI=1S/C20H20N2O6/c1-25-17-8-12-5-6-21-15(14(12)10-19(17)27-3)7-13-9-18(26-2)20(28-4)11-16(13)22(23)24/h5-6,8-11H,7H2,1-4H3. The molecule has 3 rings (SSSR count). The highest BCUT2D eigenvalue weighted by Crippen LogP contribution is 2.37. The number of fused-ring (bicyclic) bond motifs is 1. The molecule has 8 nitrogen and oxygen atoms in total. The van der Waals surface area contributed by atoms with Crippen LogP contribution < -0.4 is 18.9 Å². The third-order valence-corrected chi connectivity index (χ3v) is 4.49. The van der Waals surface area contributed by atoms with Crippen LogP contribution in [0.2, 0.25) is 0 Å². The summed E-state index contributed by atoms with van der Waals surface area (Å²) in [6, 6.07) is 8.50. The smallest absolute Gasteiger partial charge is 0.276 e. The number of pyridine rings is 1. The fourth-order valence-electron chi connectivity index (χ4n) is 3.10. The van der Waals surface area contributed by atoms with Gasteiger partial charge in [-0.25, -0.2) is 0 Å². The molecule has 146 valence electrons. The number of aromatic nitrogens is 1. The topological polar surface area (TPSA) is 93.0 Å². The molecule has 0 amide bonds. The van der Waals surface area contributed by atoms with Crippen molar-refractivity contribution in [3.63, 3.8) is 0 Å². The molecule has 0 aliphatic carbocycles. The van der Waals surface area contributed by atoms with E-state index in [-0.39, 0.29) is 12.1 Å². The molecule has 2 aromatic carbocycles. The van der Waals surface area contributed by atoms with Gasteiger partial charge in [-0.05, 0) is 29.7 Å². The minimum Gasteiger partial charge on any atom is -0.493 e. The maximum absolute atomic E-state index is 11.6. The lowest BCUT2D eigenvalue weighted by Gasteiger charge is -2.13. The van der Waals surface area contributed by atoms with Crippen molar-refractivity contribution in [3.8, 4) is 23.0 Å². The number of methoxy groups -OCH3 is 4. The molecule has 0 bridgehead atoms. The van der Waals surface area contributed by atoms with E-state index >= 15 is 0 Å². The average molecular weight is 384 g/mol. The molecular formula is C20H20N2O6. The Balaban J connectivity index is 2.16. The molecule has 0 fully saturated rings. The summed E-state index contributed by atoms with van der Waals surface area (Å²) in [4.78, 5) is 15.6. The van der Waals surface area contributed by atoms with Crippen molar-refractivity contribution < 1.29 is 23.9 Å². The molecular weight excluding hydrogens is 364 g/mol. The summed E-state index contributed by atoms with van der Waals surface area (Å²) in [6.07, 6.45) is 1.90. The zero-order chi connectivity index (χ0) is 20.3. The van der Waals surface area contributed by atoms with Crippen LogP contribution >= 0.6 is 0 Å². The van der Waals surface area contributed by atoms with Gasteiger partial charge in [0.1, 0.15) is 0 Å². The Kier molecular flexibility index (Phi) is 5.49. The van der Waals surface area contributed by atoms with Crippen LogP contribution in [0.3, 0.4) is 0 Å². The number of nitro groups is 1. The van der Waals surface area contributed by atoms with Gasteiger partial charge >= 0.3 is 0 Å². The van der Waals surface area contributed by atoms with Crippen LogP contribution in [0.4, 0.5) is 5.69 Å². The van der Waals surface area contributed by atoms with Crippen LogP contribution in [0.1, 0.15) is 11.3 Å². The zero-order valence-electron chi connectivity index (χ0n) is 16.0. The SMILES string of the molecule is COc1cc(Cc2nccc3cc(OC)c(OC)cc23)c([N+](=O)[O-])cc1OC. The van der Waals surface area contributed by atoms with Gasteiger partial charge in [-0.2, -0.15) is 0 Å². The summed E-state index contributed by atoms with van der Waals surface area (Å²) in [7, 11) is 6.05. The summed E-state index contributed by atoms with van der Waals surface area (Å²) in [5.41, 5.74) is 1.09. The van der Waals surface area contributed by atoms with Gasteiger partial charge < -0.3 is 18.9 Å². The molecule has 0 aliphatic rings. The summed E-state index contributed by atoms with van der Waals surface area (Å²) < 4.78 is 21.2. The molecule has 0 saturated carbocycles. The maximum Gasteiger partial charge on any atom is 0.276 e. The van der Waals surface area contributed by atoms with Crippen LogP contribution in [0.25, 0.3) is 10.8 Å². The monoisotopic (exact) mass is 384 g/mol. The Bertz CT molecular complexity index is 1030. The highest BCUT2D eigenvalue weighted by atomic mass is 16.6. The van der Waals surface area contributed by atoms with Crippen molar-refractivity contribution in [3.05, 3.63) is 57.9 Å². The first kappa shape index (κ1) is 19.2. The molecule has 3 aromatic rings. The molecule has 0 spiro atoms. The summed E-state index contributed by atoms with van der Waals surface area (Å²) >= 11 is 0. The maximum atomic E-state index is 11.6. The van der Waals surface area contributed by atoms with Gasteiger partial charge in [-0.1, -0.05) is 0 Å². The number of ether oxygens (including phenoxy) is 4. The molecule has 0 aliphatic heterocycles. The lowest BCUT2D eigenvalue weighted by atomic mass is 10.0. The first-order chi connectivity index (χ1) is 13.5. The highest BCUT2D eigenvalue weighted by molar-refractivity contribution is 5.88. The number of nitrogens with zero attached hydrogens (tertiary/aromatic N) is 2. The van der Waals surface area contributed by atoms with E-state index in [2.05, 4.69) is 4.98 Å². The van der Waals surface area contributed by atoms with E-state index in [1.54, 1.807) is 26.5 Å². The Morgan fingerprint density at radius 2 is 1.46 bits per heavy atom. The number of hydrogen-bond acceptors (Lipinski definition) is 7. The lowest BCUT2D eigenvalue weighted by Crippen LogP contribution is -2.02. The van der Waals surface area contributed by atoms with Crippen molar-refractivity contribution in [2.75, 3.05) is 28.4 Å². The van der Waals surface area contributed by atoms with Crippen molar-refractivity contribution in [1.29, 1.82) is 0 Å². The van der Waals surface area contributed by atoms with Gasteiger partial charge in [-0.3, -0.25) is 15.1 Å². The molecule has 0 radical (unpaired) electrons. The van der Waals surface area contributed by atoms with Gasteiger partial charge in [0.05, 0.1) is 45.1 Å². The van der Waals surface area contributed by atoms with E-state index in [0.717, 1.165) is 10.8 Å². The van der Waals surface area contributed by atoms with Gasteiger partial charge in [0.15, 0.2) is 23.0 Å². The fourth-order valence-corrected chi connectivity index (χ4v) is 3.10. The normalized spacial score (nSPS) is 10.6. The first-order valence-corrected chi connectivity index (χ1v) is 8.41. The lowest BCUT2D eigenvalue weighted by molar-refractivity contribution is -0.385. The van der Waals surface area contributed by atoms with Gasteiger partial charge in [0.2, 0.25) is 0 Å². The van der Waals surface area contributed by atoms with E-state index in [0.29, 0.717) is 34.3 Å². The first-order valence-electron chi connectivity index (χ1n) is 8.41. The van der Waals surface area contributed by atoms with Gasteiger partial charge in [0.25, 0.3) is 5.69 Å². The zero-order valence-corrected chi connectivity index (χ0v) is 16.0. The second-order valence-corrected chi connectivity index (χ2v) is 5.96. The van der Waals surface area contributed by atoms with Gasteiger partial charge in [0, 0.05) is 23.6 Å². The molecule has 1 heterocycles. The van der Waals surface area contributed by atoms with Crippen LogP contribution in [0.15, 0.2) is 36.5 Å². The van der Waals surface area contributed by atoms with E-state index in [9.17, 15) is 10.1 Å². The number of nitro benzene ring substituents is 1. The molecule has 0 N–H and O–H groups in total. The number of rotatable bonds is 7. The van der Waals surface area contributed by atoms with E-state index in [4.69, 9.17) is 18.9 Å². The Morgan fingerprint density at radius 3 is 2.07 bits per heavy atom. The quantitative estimate of drug-likeness (QED) is 0.452. The van der Waals surface area contributed by atoms with Crippen LogP contribution in [0.5, 0.6) is 23.0 Å². The average Bonchev–Trinajstić information content (AvgIpc) is 2.72. The highest BCUT2D eigenvalue weighted by Gasteiger charge is 2.21. The molecule has 0 atom stereocenters. The Morgan fingerprint density at radius 1 is 0.893 bits per heavy atom. The predicted octanol–water partition coefficient (Wildman–Crippen LogP) is 3.77. The minimum absolute atomic E-state index is 0.0584. The minimum atomic E-state index is -0.438. The Hall–Kier alpha value is -3.55. The third-order valence-electron chi connectivity index (χ3n) is 4.49. The Labute approximate surface area is 161 Å². The van der Waals surface area contributed by atoms with Crippen molar-refractivity contribution in [2.24, 2.45) is 0 Å². The number of benzene rings is 2. The molecule has 28 heavy (non-hydrogen) atoms. The van der Waals surface area contributed by atoms with Crippen molar-refractivity contribution in [1.82, 2.24) is 4.98 Å². The predicted molar refractivity (Wildman–Crippen MR) is 104 cm³/mol. The second-order valence-electron chi connectivity index (χ2n) is 5.96.